The highest BCUT2D eigenvalue weighted by molar-refractivity contribution is 5.89. The lowest BCUT2D eigenvalue weighted by Gasteiger charge is -2.41. The van der Waals surface area contributed by atoms with Crippen molar-refractivity contribution in [1.82, 2.24) is 0 Å². The zero-order valence-corrected chi connectivity index (χ0v) is 14.6. The van der Waals surface area contributed by atoms with E-state index in [-0.39, 0.29) is 18.6 Å². The molecule has 1 saturated carbocycles. The smallest absolute Gasteiger partial charge is 0.338 e. The average Bonchev–Trinajstić information content (AvgIpc) is 2.58. The van der Waals surface area contributed by atoms with Gasteiger partial charge in [0, 0.05) is 19.8 Å². The van der Waals surface area contributed by atoms with E-state index in [1.807, 2.05) is 0 Å². The van der Waals surface area contributed by atoms with Gasteiger partial charge in [0.15, 0.2) is 11.7 Å². The van der Waals surface area contributed by atoms with Crippen molar-refractivity contribution in [3.8, 4) is 0 Å². The monoisotopic (exact) mass is 366 g/mol. The molecular formula is C18H22O8. The molecule has 8 heteroatoms. The molecule has 1 fully saturated rings. The summed E-state index contributed by atoms with van der Waals surface area (Å²) in [5.74, 6) is -2.34. The quantitative estimate of drug-likeness (QED) is 0.574. The first-order valence-electron chi connectivity index (χ1n) is 8.27. The van der Waals surface area contributed by atoms with Crippen molar-refractivity contribution >= 4 is 17.9 Å². The highest BCUT2D eigenvalue weighted by Crippen LogP contribution is 2.34. The molecule has 1 aliphatic carbocycles. The molecule has 0 saturated heterocycles. The summed E-state index contributed by atoms with van der Waals surface area (Å²) < 4.78 is 15.2. The minimum Gasteiger partial charge on any atom is -0.464 e. The zero-order valence-electron chi connectivity index (χ0n) is 14.6. The Morgan fingerprint density at radius 1 is 1.15 bits per heavy atom. The number of hydrogen-bond acceptors (Lipinski definition) is 8. The molecule has 0 unspecified atom stereocenters. The van der Waals surface area contributed by atoms with Crippen molar-refractivity contribution in [1.29, 1.82) is 0 Å². The van der Waals surface area contributed by atoms with Gasteiger partial charge in [-0.1, -0.05) is 18.2 Å². The van der Waals surface area contributed by atoms with E-state index in [4.69, 9.17) is 14.2 Å². The first-order valence-corrected chi connectivity index (χ1v) is 8.27. The molecule has 4 atom stereocenters. The number of benzene rings is 1. The summed E-state index contributed by atoms with van der Waals surface area (Å²) in [5, 5.41) is 20.9. The Balaban J connectivity index is 2.20. The van der Waals surface area contributed by atoms with Gasteiger partial charge in [-0.15, -0.1) is 0 Å². The van der Waals surface area contributed by atoms with Crippen molar-refractivity contribution in [3.05, 3.63) is 35.9 Å². The van der Waals surface area contributed by atoms with E-state index in [1.165, 1.54) is 12.1 Å². The van der Waals surface area contributed by atoms with Gasteiger partial charge in [-0.05, 0) is 19.1 Å². The van der Waals surface area contributed by atoms with Crippen molar-refractivity contribution in [2.24, 2.45) is 0 Å². The van der Waals surface area contributed by atoms with Crippen LogP contribution in [0.4, 0.5) is 0 Å². The van der Waals surface area contributed by atoms with Crippen LogP contribution in [0.5, 0.6) is 0 Å². The number of esters is 3. The molecule has 0 radical (unpaired) electrons. The molecule has 0 spiro atoms. The van der Waals surface area contributed by atoms with Gasteiger partial charge < -0.3 is 24.4 Å². The Labute approximate surface area is 150 Å². The van der Waals surface area contributed by atoms with Gasteiger partial charge >= 0.3 is 17.9 Å². The zero-order chi connectivity index (χ0) is 19.3. The third-order valence-electron chi connectivity index (χ3n) is 4.06. The molecule has 2 rings (SSSR count). The molecule has 1 aromatic carbocycles. The second kappa shape index (κ2) is 8.29. The molecule has 0 aromatic heterocycles. The third-order valence-corrected chi connectivity index (χ3v) is 4.06. The molecule has 2 N–H and O–H groups in total. The highest BCUT2D eigenvalue weighted by atomic mass is 16.6. The molecule has 0 aliphatic heterocycles. The molecular weight excluding hydrogens is 344 g/mol. The molecule has 0 heterocycles. The normalized spacial score (nSPS) is 28.1. The Hall–Kier alpha value is -2.45. The van der Waals surface area contributed by atoms with Crippen LogP contribution in [0.25, 0.3) is 0 Å². The van der Waals surface area contributed by atoms with Crippen LogP contribution in [-0.2, 0) is 23.8 Å². The molecule has 1 aliphatic rings. The molecule has 0 amide bonds. The number of carbonyl (C=O) groups excluding carboxylic acids is 3. The fourth-order valence-electron chi connectivity index (χ4n) is 2.92. The summed E-state index contributed by atoms with van der Waals surface area (Å²) in [7, 11) is 0. The first kappa shape index (κ1) is 19.9. The standard InChI is InChI=1S/C18H22O8/c1-3-24-17(22)18(23)9-13(20)15(14(10-18)25-11(2)19)26-16(21)12-7-5-4-6-8-12/h4-8,13-15,20,23H,3,9-10H2,1-2H3/t13-,14-,15-,18+/m1/s1. The molecule has 0 bridgehead atoms. The highest BCUT2D eigenvalue weighted by Gasteiger charge is 2.53. The number of aliphatic hydroxyl groups excluding tert-OH is 1. The van der Waals surface area contributed by atoms with Crippen LogP contribution in [0, 0.1) is 0 Å². The fraction of sp³-hybridized carbons (Fsp3) is 0.500. The Morgan fingerprint density at radius 3 is 2.38 bits per heavy atom. The van der Waals surface area contributed by atoms with Gasteiger partial charge in [-0.3, -0.25) is 4.79 Å². The van der Waals surface area contributed by atoms with Gasteiger partial charge in [-0.25, -0.2) is 9.59 Å². The van der Waals surface area contributed by atoms with Crippen LogP contribution in [0.2, 0.25) is 0 Å². The molecule has 1 aromatic rings. The third kappa shape index (κ3) is 4.59. The van der Waals surface area contributed by atoms with E-state index in [0.29, 0.717) is 0 Å². The molecule has 142 valence electrons. The van der Waals surface area contributed by atoms with Crippen LogP contribution >= 0.6 is 0 Å². The lowest BCUT2D eigenvalue weighted by atomic mass is 9.79. The second-order valence-electron chi connectivity index (χ2n) is 6.11. The topological polar surface area (TPSA) is 119 Å². The summed E-state index contributed by atoms with van der Waals surface area (Å²) in [6.07, 6.45) is -4.60. The number of carbonyl (C=O) groups is 3. The SMILES string of the molecule is CCOC(=O)[C@]1(O)C[C@@H](O)[C@@H](OC(=O)c2ccccc2)[C@H](OC(C)=O)C1. The summed E-state index contributed by atoms with van der Waals surface area (Å²) in [6, 6.07) is 8.10. The second-order valence-corrected chi connectivity index (χ2v) is 6.11. The Bertz CT molecular complexity index is 658. The average molecular weight is 366 g/mol. The van der Waals surface area contributed by atoms with Crippen molar-refractivity contribution < 1.29 is 38.8 Å². The van der Waals surface area contributed by atoms with Gasteiger partial charge in [0.05, 0.1) is 18.3 Å². The first-order chi connectivity index (χ1) is 12.3. The summed E-state index contributed by atoms with van der Waals surface area (Å²) in [5.41, 5.74) is -1.78. The van der Waals surface area contributed by atoms with Crippen molar-refractivity contribution in [2.75, 3.05) is 6.61 Å². The fourth-order valence-corrected chi connectivity index (χ4v) is 2.92. The summed E-state index contributed by atoms with van der Waals surface area (Å²) >= 11 is 0. The predicted octanol–water partition coefficient (Wildman–Crippen LogP) is 0.593. The molecule has 8 nitrogen and oxygen atoms in total. The Morgan fingerprint density at radius 2 is 1.81 bits per heavy atom. The van der Waals surface area contributed by atoms with E-state index >= 15 is 0 Å². The number of hydrogen-bond donors (Lipinski definition) is 2. The van der Waals surface area contributed by atoms with Crippen LogP contribution in [0.1, 0.15) is 37.0 Å². The van der Waals surface area contributed by atoms with E-state index < -0.39 is 48.2 Å². The number of aliphatic hydroxyl groups is 2. The summed E-state index contributed by atoms with van der Waals surface area (Å²) in [4.78, 5) is 35.7. The maximum atomic E-state index is 12.3. The van der Waals surface area contributed by atoms with E-state index in [1.54, 1.807) is 25.1 Å². The minimum absolute atomic E-state index is 0.0435. The lowest BCUT2D eigenvalue weighted by Crippen LogP contribution is -2.58. The largest absolute Gasteiger partial charge is 0.464 e. The lowest BCUT2D eigenvalue weighted by molar-refractivity contribution is -0.200. The van der Waals surface area contributed by atoms with Crippen LogP contribution in [0.3, 0.4) is 0 Å². The van der Waals surface area contributed by atoms with E-state index in [9.17, 15) is 24.6 Å². The number of ether oxygens (including phenoxy) is 3. The van der Waals surface area contributed by atoms with E-state index in [2.05, 4.69) is 0 Å². The van der Waals surface area contributed by atoms with Gasteiger partial charge in [0.1, 0.15) is 6.10 Å². The number of rotatable bonds is 5. The van der Waals surface area contributed by atoms with Crippen LogP contribution in [0.15, 0.2) is 30.3 Å². The minimum atomic E-state index is -2.04. The van der Waals surface area contributed by atoms with Crippen LogP contribution < -0.4 is 0 Å². The van der Waals surface area contributed by atoms with Crippen molar-refractivity contribution in [3.63, 3.8) is 0 Å². The van der Waals surface area contributed by atoms with E-state index in [0.717, 1.165) is 6.92 Å². The molecule has 26 heavy (non-hydrogen) atoms. The maximum absolute atomic E-state index is 12.3. The summed E-state index contributed by atoms with van der Waals surface area (Å²) in [6.45, 7) is 2.76. The van der Waals surface area contributed by atoms with Gasteiger partial charge in [0.2, 0.25) is 0 Å². The predicted molar refractivity (Wildman–Crippen MR) is 88.0 cm³/mol. The van der Waals surface area contributed by atoms with Gasteiger partial charge in [-0.2, -0.15) is 0 Å². The van der Waals surface area contributed by atoms with Crippen molar-refractivity contribution in [2.45, 2.75) is 50.6 Å². The van der Waals surface area contributed by atoms with Gasteiger partial charge in [0.25, 0.3) is 0 Å². The van der Waals surface area contributed by atoms with Crippen LogP contribution in [-0.4, -0.2) is 58.6 Å². The Kier molecular flexibility index (Phi) is 6.33. The maximum Gasteiger partial charge on any atom is 0.338 e.